The Morgan fingerprint density at radius 3 is 1.77 bits per heavy atom. The third kappa shape index (κ3) is 15.1. The molecular weight excluding hydrogens is 327 g/mol. The van der Waals surface area contributed by atoms with E-state index in [1.54, 1.807) is 6.92 Å². The molecule has 0 bridgehead atoms. The summed E-state index contributed by atoms with van der Waals surface area (Å²) in [5, 5.41) is 9.00. The number of unbranched alkanes of at least 4 members (excludes halogenated alkanes) is 6. The number of rotatable bonds is 14. The van der Waals surface area contributed by atoms with Crippen LogP contribution in [0.3, 0.4) is 0 Å². The minimum absolute atomic E-state index is 0. The molecule has 0 aliphatic carbocycles. The summed E-state index contributed by atoms with van der Waals surface area (Å²) >= 11 is 0. The van der Waals surface area contributed by atoms with E-state index in [4.69, 9.17) is 0 Å². The van der Waals surface area contributed by atoms with E-state index in [2.05, 4.69) is 6.92 Å². The first-order chi connectivity index (χ1) is 9.91. The van der Waals surface area contributed by atoms with Gasteiger partial charge in [0.2, 0.25) is 0 Å². The summed E-state index contributed by atoms with van der Waals surface area (Å²) in [4.78, 5) is 0. The minimum atomic E-state index is -4.11. The maximum absolute atomic E-state index is 10.9. The van der Waals surface area contributed by atoms with E-state index >= 15 is 0 Å². The molecule has 0 saturated carbocycles. The number of hydrogen-bond donors (Lipinski definition) is 1. The molecule has 0 radical (unpaired) electrons. The Morgan fingerprint density at radius 2 is 1.32 bits per heavy atom. The summed E-state index contributed by atoms with van der Waals surface area (Å²) in [5.74, 6) is 0. The van der Waals surface area contributed by atoms with Crippen molar-refractivity contribution in [3.05, 3.63) is 0 Å². The molecule has 128 valence electrons. The molecule has 0 spiro atoms. The molecule has 22 heavy (non-hydrogen) atoms. The van der Waals surface area contributed by atoms with E-state index in [0.717, 1.165) is 64.2 Å². The zero-order valence-electron chi connectivity index (χ0n) is 14.7. The van der Waals surface area contributed by atoms with Gasteiger partial charge in [0.15, 0.2) is 0 Å². The standard InChI is InChI=1S/C16H34O4S.K/c1-3-5-12-15(17)13-10-8-6-7-9-11-14-16(4-2)21(18,19)20;/h15-17H,3-14H2,1-2H3,(H,18,19,20);/q;+1/p-1. The monoisotopic (exact) mass is 360 g/mol. The zero-order valence-corrected chi connectivity index (χ0v) is 18.7. The van der Waals surface area contributed by atoms with Crippen molar-refractivity contribution in [1.82, 2.24) is 0 Å². The van der Waals surface area contributed by atoms with Gasteiger partial charge in [0, 0.05) is 5.25 Å². The summed E-state index contributed by atoms with van der Waals surface area (Å²) in [5.41, 5.74) is 0. The van der Waals surface area contributed by atoms with Crippen molar-refractivity contribution in [2.24, 2.45) is 0 Å². The Labute approximate surface area is 180 Å². The van der Waals surface area contributed by atoms with Crippen LogP contribution in [0, 0.1) is 0 Å². The van der Waals surface area contributed by atoms with Gasteiger partial charge in [-0.3, -0.25) is 0 Å². The van der Waals surface area contributed by atoms with Gasteiger partial charge >= 0.3 is 51.4 Å². The van der Waals surface area contributed by atoms with Gasteiger partial charge in [0.05, 0.1) is 16.2 Å². The Morgan fingerprint density at radius 1 is 0.864 bits per heavy atom. The van der Waals surface area contributed by atoms with E-state index in [9.17, 15) is 18.1 Å². The molecule has 0 heterocycles. The van der Waals surface area contributed by atoms with E-state index in [-0.39, 0.29) is 57.5 Å². The second kappa shape index (κ2) is 16.0. The molecule has 4 nitrogen and oxygen atoms in total. The van der Waals surface area contributed by atoms with Gasteiger partial charge < -0.3 is 9.66 Å². The molecule has 1 N–H and O–H groups in total. The van der Waals surface area contributed by atoms with Crippen LogP contribution in [0.2, 0.25) is 0 Å². The molecule has 0 fully saturated rings. The van der Waals surface area contributed by atoms with Crippen LogP contribution in [0.25, 0.3) is 0 Å². The number of hydrogen-bond acceptors (Lipinski definition) is 4. The molecule has 2 unspecified atom stereocenters. The van der Waals surface area contributed by atoms with Gasteiger partial charge in [0.1, 0.15) is 0 Å². The molecule has 0 amide bonds. The van der Waals surface area contributed by atoms with Crippen LogP contribution < -0.4 is 51.4 Å². The Bertz CT molecular complexity index is 333. The number of aliphatic hydroxyl groups is 1. The molecule has 0 saturated heterocycles. The maximum atomic E-state index is 10.9. The van der Waals surface area contributed by atoms with Crippen LogP contribution in [0.15, 0.2) is 0 Å². The first-order valence-electron chi connectivity index (χ1n) is 8.54. The van der Waals surface area contributed by atoms with Crippen LogP contribution in [0.4, 0.5) is 0 Å². The normalized spacial score (nSPS) is 14.4. The fourth-order valence-electron chi connectivity index (χ4n) is 2.60. The number of aliphatic hydroxyl groups excluding tert-OH is 1. The predicted molar refractivity (Wildman–Crippen MR) is 86.2 cm³/mol. The second-order valence-electron chi connectivity index (χ2n) is 6.02. The van der Waals surface area contributed by atoms with Crippen molar-refractivity contribution in [1.29, 1.82) is 0 Å². The van der Waals surface area contributed by atoms with E-state index < -0.39 is 15.4 Å². The van der Waals surface area contributed by atoms with Crippen LogP contribution in [0.5, 0.6) is 0 Å². The SMILES string of the molecule is CCCCC(O)CCCCCCCCC(CC)S(=O)(=O)[O-].[K+]. The Kier molecular flexibility index (Phi) is 18.7. The van der Waals surface area contributed by atoms with Crippen LogP contribution >= 0.6 is 0 Å². The fraction of sp³-hybridized carbons (Fsp3) is 1.00. The van der Waals surface area contributed by atoms with E-state index in [0.29, 0.717) is 12.8 Å². The maximum Gasteiger partial charge on any atom is 1.00 e. The van der Waals surface area contributed by atoms with Gasteiger partial charge in [-0.1, -0.05) is 65.2 Å². The molecule has 6 heteroatoms. The molecule has 0 aliphatic rings. The first-order valence-corrected chi connectivity index (χ1v) is 10.0. The smallest absolute Gasteiger partial charge is 0.748 e. The fourth-order valence-corrected chi connectivity index (χ4v) is 3.46. The third-order valence-electron chi connectivity index (χ3n) is 4.07. The Hall–Kier alpha value is 1.51. The molecular formula is C16H33KO4S. The zero-order chi connectivity index (χ0) is 16.1. The molecule has 0 aliphatic heterocycles. The van der Waals surface area contributed by atoms with Gasteiger partial charge in [0.25, 0.3) is 0 Å². The van der Waals surface area contributed by atoms with Crippen LogP contribution in [0.1, 0.15) is 90.9 Å². The first kappa shape index (κ1) is 25.7. The van der Waals surface area contributed by atoms with Crippen LogP contribution in [-0.2, 0) is 10.1 Å². The van der Waals surface area contributed by atoms with Crippen molar-refractivity contribution in [2.45, 2.75) is 102 Å². The third-order valence-corrected chi connectivity index (χ3v) is 5.45. The average molecular weight is 361 g/mol. The summed E-state index contributed by atoms with van der Waals surface area (Å²) in [6.45, 7) is 3.89. The summed E-state index contributed by atoms with van der Waals surface area (Å²) in [6.07, 6.45) is 11.0. The van der Waals surface area contributed by atoms with E-state index in [1.165, 1.54) is 0 Å². The van der Waals surface area contributed by atoms with Gasteiger partial charge in [-0.2, -0.15) is 0 Å². The molecule has 2 atom stereocenters. The molecule has 0 rings (SSSR count). The quantitative estimate of drug-likeness (QED) is 0.285. The molecule has 0 aromatic heterocycles. The van der Waals surface area contributed by atoms with Crippen molar-refractivity contribution < 1.29 is 69.5 Å². The van der Waals surface area contributed by atoms with Crippen LogP contribution in [-0.4, -0.2) is 29.4 Å². The Balaban J connectivity index is 0. The van der Waals surface area contributed by atoms with Crippen molar-refractivity contribution in [3.8, 4) is 0 Å². The summed E-state index contributed by atoms with van der Waals surface area (Å²) in [7, 11) is -4.11. The molecule has 0 aromatic rings. The van der Waals surface area contributed by atoms with Crippen molar-refractivity contribution >= 4 is 10.1 Å². The molecule has 0 aromatic carbocycles. The van der Waals surface area contributed by atoms with Gasteiger partial charge in [-0.25, -0.2) is 8.42 Å². The minimum Gasteiger partial charge on any atom is -0.748 e. The second-order valence-corrected chi connectivity index (χ2v) is 7.67. The van der Waals surface area contributed by atoms with Gasteiger partial charge in [-0.05, 0) is 25.7 Å². The largest absolute Gasteiger partial charge is 1.00 e. The van der Waals surface area contributed by atoms with Gasteiger partial charge in [-0.15, -0.1) is 0 Å². The summed E-state index contributed by atoms with van der Waals surface area (Å²) < 4.78 is 32.8. The van der Waals surface area contributed by atoms with Crippen molar-refractivity contribution in [2.75, 3.05) is 0 Å². The topological polar surface area (TPSA) is 77.4 Å². The summed E-state index contributed by atoms with van der Waals surface area (Å²) in [6, 6.07) is 0. The van der Waals surface area contributed by atoms with Crippen molar-refractivity contribution in [3.63, 3.8) is 0 Å². The average Bonchev–Trinajstić information content (AvgIpc) is 2.42. The van der Waals surface area contributed by atoms with E-state index in [1.807, 2.05) is 0 Å². The predicted octanol–water partition coefficient (Wildman–Crippen LogP) is 0.986.